The van der Waals surface area contributed by atoms with Gasteiger partial charge in [-0.05, 0) is 20.1 Å². The van der Waals surface area contributed by atoms with Crippen LogP contribution < -0.4 is 0 Å². The number of hydrogen-bond donors (Lipinski definition) is 0. The molecule has 0 N–H and O–H groups in total. The maximum Gasteiger partial charge on any atom is 0 e. The van der Waals surface area contributed by atoms with Crippen molar-refractivity contribution in [2.45, 2.75) is 38.8 Å². The molecular formula is C9H19N2Rh-. The molecule has 0 aromatic carbocycles. The predicted octanol–water partition coefficient (Wildman–Crippen LogP) is 1.86. The van der Waals surface area contributed by atoms with Gasteiger partial charge in [0, 0.05) is 19.5 Å². The second kappa shape index (κ2) is 3.73. The van der Waals surface area contributed by atoms with E-state index in [2.05, 4.69) is 39.6 Å². The molecule has 0 amide bonds. The van der Waals surface area contributed by atoms with Crippen molar-refractivity contribution in [1.29, 1.82) is 0 Å². The van der Waals surface area contributed by atoms with Gasteiger partial charge in [0.2, 0.25) is 0 Å². The molecule has 1 rings (SSSR count). The first kappa shape index (κ1) is 12.5. The van der Waals surface area contributed by atoms with E-state index in [0.29, 0.717) is 0 Å². The fraction of sp³-hybridized carbons (Fsp3) is 1.00. The summed E-state index contributed by atoms with van der Waals surface area (Å²) in [5.74, 6) is 0. The summed E-state index contributed by atoms with van der Waals surface area (Å²) < 4.78 is 0. The van der Waals surface area contributed by atoms with Crippen molar-refractivity contribution >= 4 is 0 Å². The van der Waals surface area contributed by atoms with Crippen LogP contribution in [-0.2, 0) is 19.5 Å². The Morgan fingerprint density at radius 3 is 1.58 bits per heavy atom. The molecule has 75 valence electrons. The molecule has 2 nitrogen and oxygen atoms in total. The Bertz CT molecular complexity index is 139. The van der Waals surface area contributed by atoms with Crippen LogP contribution in [0.1, 0.15) is 27.7 Å². The third-order valence-corrected chi connectivity index (χ3v) is 1.92. The van der Waals surface area contributed by atoms with Gasteiger partial charge in [0.1, 0.15) is 0 Å². The summed E-state index contributed by atoms with van der Waals surface area (Å²) in [6, 6.07) is 0. The Hall–Kier alpha value is 0.543. The normalized spacial score (nSPS) is 27.8. The van der Waals surface area contributed by atoms with E-state index in [0.717, 1.165) is 13.1 Å². The first-order valence-corrected chi connectivity index (χ1v) is 4.23. The SMILES string of the molecule is CN1CC(C)(C)[N-]C(C)(C)C1.[Rh]. The first-order valence-electron chi connectivity index (χ1n) is 4.23. The standard InChI is InChI=1S/C9H19N2.Rh/c1-8(2)6-11(5)7-9(3,4)10-8;/h6-7H2,1-5H3;/q-1;. The molecule has 0 unspecified atom stereocenters. The van der Waals surface area contributed by atoms with E-state index >= 15 is 0 Å². The summed E-state index contributed by atoms with van der Waals surface area (Å²) in [5, 5.41) is 4.76. The van der Waals surface area contributed by atoms with Crippen molar-refractivity contribution in [2.75, 3.05) is 20.1 Å². The Labute approximate surface area is 88.8 Å². The van der Waals surface area contributed by atoms with Crippen LogP contribution >= 0.6 is 0 Å². The largest absolute Gasteiger partial charge is 0.650 e. The van der Waals surface area contributed by atoms with E-state index in [4.69, 9.17) is 5.32 Å². The zero-order valence-electron chi connectivity index (χ0n) is 8.64. The van der Waals surface area contributed by atoms with Gasteiger partial charge in [0.15, 0.2) is 0 Å². The van der Waals surface area contributed by atoms with Gasteiger partial charge >= 0.3 is 0 Å². The van der Waals surface area contributed by atoms with Gasteiger partial charge in [-0.1, -0.05) is 27.7 Å². The maximum absolute atomic E-state index is 4.76. The van der Waals surface area contributed by atoms with Crippen molar-refractivity contribution in [3.05, 3.63) is 5.32 Å². The topological polar surface area (TPSA) is 17.3 Å². The summed E-state index contributed by atoms with van der Waals surface area (Å²) in [4.78, 5) is 2.35. The van der Waals surface area contributed by atoms with Crippen molar-refractivity contribution in [3.63, 3.8) is 0 Å². The molecule has 0 aromatic heterocycles. The Kier molecular flexibility index (Phi) is 3.90. The summed E-state index contributed by atoms with van der Waals surface area (Å²) >= 11 is 0. The molecule has 1 aliphatic rings. The molecular weight excluding hydrogens is 239 g/mol. The molecule has 1 saturated heterocycles. The molecule has 3 heteroatoms. The molecule has 0 aromatic rings. The van der Waals surface area contributed by atoms with Gasteiger partial charge in [0.05, 0.1) is 0 Å². The molecule has 0 aliphatic carbocycles. The second-order valence-corrected chi connectivity index (χ2v) is 4.91. The fourth-order valence-corrected chi connectivity index (χ4v) is 2.27. The Morgan fingerprint density at radius 1 is 1.00 bits per heavy atom. The monoisotopic (exact) mass is 258 g/mol. The van der Waals surface area contributed by atoms with Crippen molar-refractivity contribution in [2.24, 2.45) is 0 Å². The van der Waals surface area contributed by atoms with Gasteiger partial charge in [-0.2, -0.15) is 0 Å². The average Bonchev–Trinajstić information content (AvgIpc) is 1.49. The molecule has 1 heterocycles. The molecule has 1 radical (unpaired) electrons. The van der Waals surface area contributed by atoms with Crippen LogP contribution in [0.4, 0.5) is 0 Å². The van der Waals surface area contributed by atoms with E-state index in [1.165, 1.54) is 0 Å². The predicted molar refractivity (Wildman–Crippen MR) is 49.0 cm³/mol. The molecule has 12 heavy (non-hydrogen) atoms. The minimum absolute atomic E-state index is 0. The van der Waals surface area contributed by atoms with Crippen molar-refractivity contribution in [3.8, 4) is 0 Å². The minimum atomic E-state index is 0. The number of rotatable bonds is 0. The van der Waals surface area contributed by atoms with E-state index < -0.39 is 0 Å². The fourth-order valence-electron chi connectivity index (χ4n) is 2.27. The van der Waals surface area contributed by atoms with E-state index in [9.17, 15) is 0 Å². The Balaban J connectivity index is 0.00000121. The van der Waals surface area contributed by atoms with Crippen LogP contribution in [0.15, 0.2) is 0 Å². The third-order valence-electron chi connectivity index (χ3n) is 1.92. The smallest absolute Gasteiger partial charge is 0 e. The summed E-state index contributed by atoms with van der Waals surface area (Å²) in [7, 11) is 2.16. The van der Waals surface area contributed by atoms with Crippen LogP contribution in [0.3, 0.4) is 0 Å². The van der Waals surface area contributed by atoms with Crippen LogP contribution in [0.5, 0.6) is 0 Å². The van der Waals surface area contributed by atoms with Crippen molar-refractivity contribution < 1.29 is 19.5 Å². The zero-order valence-corrected chi connectivity index (χ0v) is 10.3. The van der Waals surface area contributed by atoms with Crippen LogP contribution in [0.2, 0.25) is 0 Å². The molecule has 0 atom stereocenters. The number of nitrogens with zero attached hydrogens (tertiary/aromatic N) is 2. The molecule has 0 saturated carbocycles. The molecule has 0 bridgehead atoms. The van der Waals surface area contributed by atoms with Gasteiger partial charge in [-0.15, -0.1) is 11.1 Å². The summed E-state index contributed by atoms with van der Waals surface area (Å²) in [6.45, 7) is 11.0. The van der Waals surface area contributed by atoms with Crippen LogP contribution in [0, 0.1) is 0 Å². The van der Waals surface area contributed by atoms with E-state index in [-0.39, 0.29) is 30.6 Å². The van der Waals surface area contributed by atoms with Gasteiger partial charge in [-0.3, -0.25) is 0 Å². The molecule has 1 fully saturated rings. The van der Waals surface area contributed by atoms with Crippen molar-refractivity contribution in [1.82, 2.24) is 4.90 Å². The summed E-state index contributed by atoms with van der Waals surface area (Å²) in [6.07, 6.45) is 0. The van der Waals surface area contributed by atoms with Gasteiger partial charge in [0.25, 0.3) is 0 Å². The van der Waals surface area contributed by atoms with Gasteiger partial charge < -0.3 is 10.2 Å². The molecule has 0 spiro atoms. The molecule has 1 aliphatic heterocycles. The minimum Gasteiger partial charge on any atom is -0.650 e. The van der Waals surface area contributed by atoms with Gasteiger partial charge in [-0.25, -0.2) is 0 Å². The van der Waals surface area contributed by atoms with E-state index in [1.54, 1.807) is 0 Å². The average molecular weight is 258 g/mol. The number of piperazine rings is 1. The number of likely N-dealkylation sites (N-methyl/N-ethyl adjacent to an activating group) is 1. The van der Waals surface area contributed by atoms with Crippen LogP contribution in [-0.4, -0.2) is 36.1 Å². The van der Waals surface area contributed by atoms with E-state index in [1.807, 2.05) is 0 Å². The zero-order chi connectivity index (χ0) is 8.70. The quantitative estimate of drug-likeness (QED) is 0.606. The second-order valence-electron chi connectivity index (χ2n) is 4.91. The number of hydrogen-bond acceptors (Lipinski definition) is 1. The summed E-state index contributed by atoms with van der Waals surface area (Å²) in [5.41, 5.74) is 0.271. The van der Waals surface area contributed by atoms with Crippen LogP contribution in [0.25, 0.3) is 5.32 Å². The first-order chi connectivity index (χ1) is 4.81. The Morgan fingerprint density at radius 2 is 1.33 bits per heavy atom. The maximum atomic E-state index is 4.76. The third kappa shape index (κ3) is 3.51.